The summed E-state index contributed by atoms with van der Waals surface area (Å²) in [6.45, 7) is 0. The Bertz CT molecular complexity index is 498. The number of fused-ring (bicyclic) bond motifs is 2. The summed E-state index contributed by atoms with van der Waals surface area (Å²) >= 11 is 0. The van der Waals surface area contributed by atoms with Crippen molar-refractivity contribution in [1.82, 2.24) is 0 Å². The molecule has 2 fully saturated rings. The van der Waals surface area contributed by atoms with Crippen LogP contribution < -0.4 is 10.5 Å². The van der Waals surface area contributed by atoms with Crippen LogP contribution in [0.4, 0.5) is 5.69 Å². The van der Waals surface area contributed by atoms with Crippen molar-refractivity contribution in [3.05, 3.63) is 23.8 Å². The normalized spacial score (nSPS) is 28.6. The smallest absolute Gasteiger partial charge is 0.165 e. The molecule has 0 heterocycles. The molecule has 0 spiro atoms. The van der Waals surface area contributed by atoms with E-state index in [9.17, 15) is 4.79 Å². The fourth-order valence-corrected chi connectivity index (χ4v) is 3.88. The summed E-state index contributed by atoms with van der Waals surface area (Å²) in [5.74, 6) is 3.11. The third kappa shape index (κ3) is 2.34. The standard InChI is InChI=1S/C16H21NO2/c1-19-13-4-5-15(17)14(9-13)16(18)8-12-7-10-2-3-11(12)6-10/h4-5,9-12H,2-3,6-8,17H2,1H3. The Morgan fingerprint density at radius 3 is 2.84 bits per heavy atom. The number of carbonyl (C=O) groups excluding carboxylic acids is 1. The highest BCUT2D eigenvalue weighted by atomic mass is 16.5. The summed E-state index contributed by atoms with van der Waals surface area (Å²) in [7, 11) is 1.61. The van der Waals surface area contributed by atoms with Crippen molar-refractivity contribution < 1.29 is 9.53 Å². The first-order valence-corrected chi connectivity index (χ1v) is 7.14. The van der Waals surface area contributed by atoms with E-state index in [2.05, 4.69) is 0 Å². The second-order valence-corrected chi connectivity index (χ2v) is 6.02. The zero-order valence-electron chi connectivity index (χ0n) is 11.4. The summed E-state index contributed by atoms with van der Waals surface area (Å²) < 4.78 is 5.17. The van der Waals surface area contributed by atoms with E-state index in [4.69, 9.17) is 10.5 Å². The first kappa shape index (κ1) is 12.5. The number of nitrogen functional groups attached to an aromatic ring is 1. The molecule has 0 radical (unpaired) electrons. The number of nitrogens with two attached hydrogens (primary N) is 1. The van der Waals surface area contributed by atoms with E-state index in [-0.39, 0.29) is 5.78 Å². The van der Waals surface area contributed by atoms with Crippen LogP contribution in [0.1, 0.15) is 42.5 Å². The maximum absolute atomic E-state index is 12.4. The lowest BCUT2D eigenvalue weighted by atomic mass is 9.84. The second kappa shape index (κ2) is 4.87. The largest absolute Gasteiger partial charge is 0.497 e. The maximum atomic E-state index is 12.4. The Morgan fingerprint density at radius 1 is 1.37 bits per heavy atom. The molecule has 2 aliphatic rings. The van der Waals surface area contributed by atoms with Gasteiger partial charge in [-0.2, -0.15) is 0 Å². The number of anilines is 1. The Labute approximate surface area is 114 Å². The molecule has 102 valence electrons. The molecule has 3 heteroatoms. The van der Waals surface area contributed by atoms with Gasteiger partial charge < -0.3 is 10.5 Å². The Balaban J connectivity index is 1.73. The predicted molar refractivity (Wildman–Crippen MR) is 75.3 cm³/mol. The van der Waals surface area contributed by atoms with Crippen molar-refractivity contribution in [2.45, 2.75) is 32.1 Å². The van der Waals surface area contributed by atoms with Crippen molar-refractivity contribution in [3.63, 3.8) is 0 Å². The van der Waals surface area contributed by atoms with Crippen molar-refractivity contribution in [1.29, 1.82) is 0 Å². The third-order valence-corrected chi connectivity index (χ3v) is 4.89. The van der Waals surface area contributed by atoms with Gasteiger partial charge in [-0.25, -0.2) is 0 Å². The van der Waals surface area contributed by atoms with Gasteiger partial charge in [-0.05, 0) is 55.2 Å². The lowest BCUT2D eigenvalue weighted by molar-refractivity contribution is 0.0945. The van der Waals surface area contributed by atoms with Gasteiger partial charge in [0.15, 0.2) is 5.78 Å². The number of methoxy groups -OCH3 is 1. The van der Waals surface area contributed by atoms with Gasteiger partial charge in [0.25, 0.3) is 0 Å². The van der Waals surface area contributed by atoms with Crippen LogP contribution in [0.3, 0.4) is 0 Å². The molecule has 3 unspecified atom stereocenters. The van der Waals surface area contributed by atoms with Gasteiger partial charge in [-0.3, -0.25) is 4.79 Å². The summed E-state index contributed by atoms with van der Waals surface area (Å²) in [5, 5.41) is 0. The Hall–Kier alpha value is -1.51. The number of benzene rings is 1. The minimum absolute atomic E-state index is 0.175. The molecule has 3 rings (SSSR count). The summed E-state index contributed by atoms with van der Waals surface area (Å²) in [6, 6.07) is 5.32. The van der Waals surface area contributed by atoms with Gasteiger partial charge in [-0.1, -0.05) is 6.42 Å². The number of ether oxygens (including phenoxy) is 1. The average Bonchev–Trinajstić information content (AvgIpc) is 3.01. The van der Waals surface area contributed by atoms with E-state index in [1.807, 2.05) is 0 Å². The minimum atomic E-state index is 0.175. The zero-order chi connectivity index (χ0) is 13.4. The van der Waals surface area contributed by atoms with Crippen molar-refractivity contribution in [3.8, 4) is 5.75 Å². The Kier molecular flexibility index (Phi) is 3.21. The van der Waals surface area contributed by atoms with Crippen LogP contribution in [0.25, 0.3) is 0 Å². The molecule has 19 heavy (non-hydrogen) atoms. The van der Waals surface area contributed by atoms with E-state index >= 15 is 0 Å². The predicted octanol–water partition coefficient (Wildman–Crippen LogP) is 3.29. The summed E-state index contributed by atoms with van der Waals surface area (Å²) in [4.78, 5) is 12.4. The van der Waals surface area contributed by atoms with E-state index in [1.165, 1.54) is 25.7 Å². The number of rotatable bonds is 4. The van der Waals surface area contributed by atoms with Gasteiger partial charge in [0.05, 0.1) is 7.11 Å². The van der Waals surface area contributed by atoms with Crippen molar-refractivity contribution >= 4 is 11.5 Å². The lowest BCUT2D eigenvalue weighted by Gasteiger charge is -2.21. The second-order valence-electron chi connectivity index (χ2n) is 6.02. The quantitative estimate of drug-likeness (QED) is 0.667. The molecule has 3 atom stereocenters. The third-order valence-electron chi connectivity index (χ3n) is 4.89. The van der Waals surface area contributed by atoms with Gasteiger partial charge in [0.1, 0.15) is 5.75 Å². The van der Waals surface area contributed by atoms with Gasteiger partial charge in [-0.15, -0.1) is 0 Å². The van der Waals surface area contributed by atoms with E-state index in [0.29, 0.717) is 29.3 Å². The van der Waals surface area contributed by atoms with Crippen LogP contribution in [0, 0.1) is 17.8 Å². The summed E-state index contributed by atoms with van der Waals surface area (Å²) in [6.07, 6.45) is 5.91. The van der Waals surface area contributed by atoms with Gasteiger partial charge in [0, 0.05) is 17.7 Å². The molecule has 0 aliphatic heterocycles. The average molecular weight is 259 g/mol. The van der Waals surface area contributed by atoms with Crippen LogP contribution in [-0.2, 0) is 0 Å². The van der Waals surface area contributed by atoms with Crippen LogP contribution in [0.5, 0.6) is 5.75 Å². The lowest BCUT2D eigenvalue weighted by Crippen LogP contribution is -2.16. The highest BCUT2D eigenvalue weighted by Gasteiger charge is 2.40. The maximum Gasteiger partial charge on any atom is 0.165 e. The highest BCUT2D eigenvalue weighted by molar-refractivity contribution is 6.01. The SMILES string of the molecule is COc1ccc(N)c(C(=O)CC2CC3CCC2C3)c1. The molecule has 3 nitrogen and oxygen atoms in total. The van der Waals surface area contributed by atoms with Gasteiger partial charge >= 0.3 is 0 Å². The minimum Gasteiger partial charge on any atom is -0.497 e. The summed E-state index contributed by atoms with van der Waals surface area (Å²) in [5.41, 5.74) is 7.11. The monoisotopic (exact) mass is 259 g/mol. The fourth-order valence-electron chi connectivity index (χ4n) is 3.88. The molecule has 2 N–H and O–H groups in total. The van der Waals surface area contributed by atoms with E-state index in [0.717, 1.165) is 11.8 Å². The van der Waals surface area contributed by atoms with Crippen LogP contribution in [0.15, 0.2) is 18.2 Å². The first-order valence-electron chi connectivity index (χ1n) is 7.14. The number of hydrogen-bond donors (Lipinski definition) is 1. The topological polar surface area (TPSA) is 52.3 Å². The van der Waals surface area contributed by atoms with E-state index in [1.54, 1.807) is 25.3 Å². The first-order chi connectivity index (χ1) is 9.17. The van der Waals surface area contributed by atoms with E-state index < -0.39 is 0 Å². The number of ketones is 1. The molecule has 0 amide bonds. The van der Waals surface area contributed by atoms with Crippen LogP contribution in [0.2, 0.25) is 0 Å². The molecule has 2 saturated carbocycles. The molecular weight excluding hydrogens is 238 g/mol. The molecule has 1 aromatic carbocycles. The number of Topliss-reactive ketones (excluding diaryl/α,β-unsaturated/α-hetero) is 1. The molecule has 1 aromatic rings. The van der Waals surface area contributed by atoms with Crippen LogP contribution in [-0.4, -0.2) is 12.9 Å². The Morgan fingerprint density at radius 2 is 2.21 bits per heavy atom. The van der Waals surface area contributed by atoms with Crippen molar-refractivity contribution in [2.75, 3.05) is 12.8 Å². The van der Waals surface area contributed by atoms with Crippen molar-refractivity contribution in [2.24, 2.45) is 17.8 Å². The van der Waals surface area contributed by atoms with Crippen LogP contribution >= 0.6 is 0 Å². The number of hydrogen-bond acceptors (Lipinski definition) is 3. The van der Waals surface area contributed by atoms with Gasteiger partial charge in [0.2, 0.25) is 0 Å². The number of carbonyl (C=O) groups is 1. The fraction of sp³-hybridized carbons (Fsp3) is 0.562. The molecular formula is C16H21NO2. The highest BCUT2D eigenvalue weighted by Crippen LogP contribution is 2.49. The molecule has 0 aromatic heterocycles. The molecule has 2 aliphatic carbocycles. The molecule has 0 saturated heterocycles. The zero-order valence-corrected chi connectivity index (χ0v) is 11.4. The molecule has 2 bridgehead atoms.